The molecular formula is C43H54N8O5. The molecule has 0 radical (unpaired) electrons. The molecule has 3 amide bonds. The number of fused-ring (bicyclic) bond motifs is 2. The van der Waals surface area contributed by atoms with Gasteiger partial charge in [0.2, 0.25) is 17.7 Å². The van der Waals surface area contributed by atoms with E-state index < -0.39 is 18.1 Å². The number of piperazine rings is 1. The van der Waals surface area contributed by atoms with E-state index in [1.807, 2.05) is 30.3 Å². The number of rotatable bonds is 14. The van der Waals surface area contributed by atoms with Crippen LogP contribution in [-0.2, 0) is 25.6 Å². The van der Waals surface area contributed by atoms with Crippen molar-refractivity contribution in [1.29, 1.82) is 0 Å². The summed E-state index contributed by atoms with van der Waals surface area (Å²) in [5, 5.41) is 0. The minimum atomic E-state index is -0.798. The lowest BCUT2D eigenvalue weighted by atomic mass is 10.0. The van der Waals surface area contributed by atoms with Gasteiger partial charge in [-0.3, -0.25) is 24.2 Å². The van der Waals surface area contributed by atoms with Crippen molar-refractivity contribution >= 4 is 51.6 Å². The second-order valence-corrected chi connectivity index (χ2v) is 15.2. The molecule has 13 nitrogen and oxygen atoms in total. The fourth-order valence-electron chi connectivity index (χ4n) is 7.04. The van der Waals surface area contributed by atoms with Crippen LogP contribution >= 0.6 is 0 Å². The first-order chi connectivity index (χ1) is 26.7. The Morgan fingerprint density at radius 1 is 0.821 bits per heavy atom. The number of imidazole rings is 1. The van der Waals surface area contributed by atoms with E-state index >= 15 is 0 Å². The predicted molar refractivity (Wildman–Crippen MR) is 220 cm³/mol. The molecule has 0 unspecified atom stereocenters. The molecule has 3 atom stereocenters. The molecule has 296 valence electrons. The zero-order valence-electron chi connectivity index (χ0n) is 33.8. The summed E-state index contributed by atoms with van der Waals surface area (Å²) in [5.74, 6) is 0.321. The van der Waals surface area contributed by atoms with Gasteiger partial charge in [-0.1, -0.05) is 24.3 Å². The highest BCUT2D eigenvalue weighted by Gasteiger charge is 2.33. The van der Waals surface area contributed by atoms with Crippen LogP contribution in [0.4, 0.5) is 11.4 Å². The summed E-state index contributed by atoms with van der Waals surface area (Å²) in [6.45, 7) is 10.8. The van der Waals surface area contributed by atoms with Crippen molar-refractivity contribution in [3.63, 3.8) is 0 Å². The lowest BCUT2D eigenvalue weighted by Crippen LogP contribution is -2.54. The highest BCUT2D eigenvalue weighted by atomic mass is 16.5. The van der Waals surface area contributed by atoms with Crippen LogP contribution in [0.2, 0.25) is 0 Å². The molecule has 4 aromatic rings. The number of Topliss-reactive ketones (excluding diaryl/α,β-unsaturated/α-hetero) is 1. The smallest absolute Gasteiger partial charge is 0.245 e. The zero-order chi connectivity index (χ0) is 40.3. The number of likely N-dealkylation sites (N-methyl/N-ethyl adjacent to an activating group) is 4. The Kier molecular flexibility index (Phi) is 12.2. The number of aliphatic imine (C=N–C) groups is 1. The molecule has 2 aliphatic heterocycles. The van der Waals surface area contributed by atoms with Gasteiger partial charge in [-0.05, 0) is 88.7 Å². The van der Waals surface area contributed by atoms with Crippen molar-refractivity contribution in [1.82, 2.24) is 29.6 Å². The van der Waals surface area contributed by atoms with Gasteiger partial charge in [0.05, 0.1) is 35.1 Å². The Bertz CT molecular complexity index is 2140. The summed E-state index contributed by atoms with van der Waals surface area (Å²) < 4.78 is 6.03. The SMILES string of the molecule is CC(=O)[C@H](C)N(C)C(=O)[C@H](C)N(C)C(=O)[C@H](C)N(C)C(=O)CCCOc1cccc(-c2nc3ccc(C4=Nc5cc(N6CCN(C)CC6)ccc5C4)cc3[nH]2)c1. The highest BCUT2D eigenvalue weighted by Crippen LogP contribution is 2.34. The number of hydrogen-bond donors (Lipinski definition) is 1. The maximum atomic E-state index is 13.2. The zero-order valence-corrected chi connectivity index (χ0v) is 33.8. The number of ether oxygens (including phenoxy) is 1. The summed E-state index contributed by atoms with van der Waals surface area (Å²) >= 11 is 0. The van der Waals surface area contributed by atoms with Gasteiger partial charge in [-0.25, -0.2) is 4.98 Å². The van der Waals surface area contributed by atoms with Crippen molar-refractivity contribution in [2.24, 2.45) is 4.99 Å². The number of aromatic nitrogens is 2. The molecule has 3 aromatic carbocycles. The molecule has 2 aliphatic rings. The molecule has 6 rings (SSSR count). The van der Waals surface area contributed by atoms with Crippen LogP contribution in [0.1, 0.15) is 51.7 Å². The number of aromatic amines is 1. The van der Waals surface area contributed by atoms with E-state index in [1.54, 1.807) is 34.9 Å². The molecule has 0 bridgehead atoms. The van der Waals surface area contributed by atoms with Crippen molar-refractivity contribution in [3.05, 3.63) is 71.8 Å². The molecule has 0 spiro atoms. The van der Waals surface area contributed by atoms with Crippen LogP contribution in [0.25, 0.3) is 22.4 Å². The van der Waals surface area contributed by atoms with Gasteiger partial charge in [0.15, 0.2) is 5.78 Å². The first-order valence-electron chi connectivity index (χ1n) is 19.4. The average Bonchev–Trinajstić information content (AvgIpc) is 3.84. The van der Waals surface area contributed by atoms with E-state index in [2.05, 4.69) is 52.2 Å². The van der Waals surface area contributed by atoms with Gasteiger partial charge in [-0.2, -0.15) is 0 Å². The van der Waals surface area contributed by atoms with Crippen LogP contribution in [0.5, 0.6) is 5.75 Å². The Hall–Kier alpha value is -5.56. The molecule has 3 heterocycles. The summed E-state index contributed by atoms with van der Waals surface area (Å²) in [4.78, 5) is 73.2. The third-order valence-corrected chi connectivity index (χ3v) is 11.4. The third kappa shape index (κ3) is 8.78. The second kappa shape index (κ2) is 17.1. The number of benzene rings is 3. The number of carbonyl (C=O) groups excluding carboxylic acids is 4. The molecule has 1 aromatic heterocycles. The number of ketones is 1. The van der Waals surface area contributed by atoms with Gasteiger partial charge in [0.1, 0.15) is 23.7 Å². The summed E-state index contributed by atoms with van der Waals surface area (Å²) in [6, 6.07) is 18.4. The van der Waals surface area contributed by atoms with Crippen LogP contribution in [0.3, 0.4) is 0 Å². The fourth-order valence-corrected chi connectivity index (χ4v) is 7.04. The largest absolute Gasteiger partial charge is 0.494 e. The highest BCUT2D eigenvalue weighted by molar-refractivity contribution is 6.08. The first kappa shape index (κ1) is 40.1. The number of nitrogens with zero attached hydrogens (tertiary/aromatic N) is 7. The lowest BCUT2D eigenvalue weighted by molar-refractivity contribution is -0.150. The maximum absolute atomic E-state index is 13.2. The Morgan fingerprint density at radius 2 is 1.52 bits per heavy atom. The lowest BCUT2D eigenvalue weighted by Gasteiger charge is -2.34. The monoisotopic (exact) mass is 762 g/mol. The molecule has 1 N–H and O–H groups in total. The second-order valence-electron chi connectivity index (χ2n) is 15.2. The van der Waals surface area contributed by atoms with Gasteiger partial charge < -0.3 is 34.2 Å². The molecule has 1 fully saturated rings. The molecule has 0 saturated carbocycles. The van der Waals surface area contributed by atoms with Gasteiger partial charge >= 0.3 is 0 Å². The normalized spacial score (nSPS) is 15.8. The minimum absolute atomic E-state index is 0.143. The third-order valence-electron chi connectivity index (χ3n) is 11.4. The first-order valence-corrected chi connectivity index (χ1v) is 19.4. The van der Waals surface area contributed by atoms with Crippen LogP contribution in [-0.4, -0.2) is 138 Å². The minimum Gasteiger partial charge on any atom is -0.494 e. The molecule has 0 aliphatic carbocycles. The van der Waals surface area contributed by atoms with E-state index in [4.69, 9.17) is 14.7 Å². The van der Waals surface area contributed by atoms with Gasteiger partial charge in [0.25, 0.3) is 0 Å². The van der Waals surface area contributed by atoms with Crippen LogP contribution in [0.15, 0.2) is 65.7 Å². The standard InChI is InChI=1S/C43H54N8O5/c1-27(30(4)52)49(7)43(55)29(3)50(8)42(54)28(2)48(6)40(53)13-10-22-56-35-12-9-11-33(23-35)41-45-36-17-15-32(25-39(36)46-41)37-24-31-14-16-34(26-38(31)44-37)51-20-18-47(5)19-21-51/h9,11-12,14-17,23,25-29H,10,13,18-22,24H2,1-8H3,(H,45,46)/t27-,28-,29-/m0/s1. The van der Waals surface area contributed by atoms with E-state index in [1.165, 1.54) is 39.9 Å². The topological polar surface area (TPSA) is 135 Å². The summed E-state index contributed by atoms with van der Waals surface area (Å²) in [7, 11) is 6.83. The van der Waals surface area contributed by atoms with Crippen molar-refractivity contribution in [3.8, 4) is 17.1 Å². The van der Waals surface area contributed by atoms with Crippen LogP contribution in [0, 0.1) is 0 Å². The maximum Gasteiger partial charge on any atom is 0.245 e. The Labute approximate surface area is 329 Å². The number of amides is 3. The molecule has 1 saturated heterocycles. The number of nitrogens with one attached hydrogen (secondary N) is 1. The van der Waals surface area contributed by atoms with E-state index in [9.17, 15) is 19.2 Å². The number of H-pyrrole nitrogens is 1. The molecule has 56 heavy (non-hydrogen) atoms. The quantitative estimate of drug-likeness (QED) is 0.179. The molecular weight excluding hydrogens is 709 g/mol. The summed E-state index contributed by atoms with van der Waals surface area (Å²) in [5.41, 5.74) is 8.32. The Balaban J connectivity index is 1.01. The van der Waals surface area contributed by atoms with Crippen molar-refractivity contribution in [2.45, 2.75) is 65.1 Å². The van der Waals surface area contributed by atoms with Crippen molar-refractivity contribution in [2.75, 3.05) is 65.9 Å². The predicted octanol–water partition coefficient (Wildman–Crippen LogP) is 4.95. The Morgan fingerprint density at radius 3 is 2.23 bits per heavy atom. The number of hydrogen-bond acceptors (Lipinski definition) is 9. The average molecular weight is 763 g/mol. The van der Waals surface area contributed by atoms with Crippen molar-refractivity contribution < 1.29 is 23.9 Å². The van der Waals surface area contributed by atoms with Crippen LogP contribution < -0.4 is 9.64 Å². The summed E-state index contributed by atoms with van der Waals surface area (Å²) in [6.07, 6.45) is 1.43. The fraction of sp³-hybridized carbons (Fsp3) is 0.442. The molecule has 13 heteroatoms. The van der Waals surface area contributed by atoms with E-state index in [-0.39, 0.29) is 29.9 Å². The number of anilines is 1. The number of carbonyl (C=O) groups is 4. The van der Waals surface area contributed by atoms with Gasteiger partial charge in [0, 0.05) is 71.4 Å². The van der Waals surface area contributed by atoms with E-state index in [0.29, 0.717) is 18.8 Å². The van der Waals surface area contributed by atoms with E-state index in [0.717, 1.165) is 72.0 Å². The van der Waals surface area contributed by atoms with Gasteiger partial charge in [-0.15, -0.1) is 0 Å².